The third-order valence-corrected chi connectivity index (χ3v) is 6.58. The monoisotopic (exact) mass is 566 g/mol. The van der Waals surface area contributed by atoms with Crippen LogP contribution in [0.25, 0.3) is 0 Å². The predicted molar refractivity (Wildman–Crippen MR) is 145 cm³/mol. The Morgan fingerprint density at radius 2 is 1.76 bits per heavy atom. The lowest BCUT2D eigenvalue weighted by molar-refractivity contribution is 0.0383. The predicted octanol–water partition coefficient (Wildman–Crippen LogP) is 3.69. The Morgan fingerprint density at radius 3 is 2.51 bits per heavy atom. The molecule has 2 N–H and O–H groups in total. The first kappa shape index (κ1) is 27.9. The van der Waals surface area contributed by atoms with E-state index < -0.39 is 23.7 Å². The quantitative estimate of drug-likeness (QED) is 0.427. The van der Waals surface area contributed by atoms with Crippen LogP contribution in [0.1, 0.15) is 10.5 Å². The van der Waals surface area contributed by atoms with E-state index in [0.717, 1.165) is 24.1 Å². The van der Waals surface area contributed by atoms with Gasteiger partial charge in [-0.25, -0.2) is 23.3 Å². The number of pyridine rings is 1. The van der Waals surface area contributed by atoms with Gasteiger partial charge in [0.2, 0.25) is 0 Å². The summed E-state index contributed by atoms with van der Waals surface area (Å²) in [4.78, 5) is 46.5. The molecule has 11 nitrogen and oxygen atoms in total. The van der Waals surface area contributed by atoms with Crippen molar-refractivity contribution in [2.45, 2.75) is 0 Å². The lowest BCUT2D eigenvalue weighted by Gasteiger charge is -2.26. The summed E-state index contributed by atoms with van der Waals surface area (Å²) in [5.74, 6) is -1.51. The summed E-state index contributed by atoms with van der Waals surface area (Å²) in [7, 11) is 0. The fraction of sp³-hybridized carbons (Fsp3) is 0.286. The third kappa shape index (κ3) is 6.94. The highest BCUT2D eigenvalue weighted by molar-refractivity contribution is 6.08. The van der Waals surface area contributed by atoms with Crippen LogP contribution in [0.4, 0.5) is 29.7 Å². The number of imide groups is 1. The number of hydrogen-bond donors (Lipinski definition) is 2. The third-order valence-electron chi connectivity index (χ3n) is 6.58. The van der Waals surface area contributed by atoms with E-state index in [-0.39, 0.29) is 41.9 Å². The zero-order chi connectivity index (χ0) is 28.8. The summed E-state index contributed by atoms with van der Waals surface area (Å²) >= 11 is 0. The van der Waals surface area contributed by atoms with Crippen LogP contribution in [0.5, 0.6) is 11.5 Å². The van der Waals surface area contributed by atoms with Gasteiger partial charge in [0.25, 0.3) is 5.91 Å². The number of carbonyl (C=O) groups is 3. The lowest BCUT2D eigenvalue weighted by Crippen LogP contribution is -2.41. The van der Waals surface area contributed by atoms with Crippen molar-refractivity contribution in [3.05, 3.63) is 78.1 Å². The van der Waals surface area contributed by atoms with Crippen LogP contribution < -0.4 is 20.3 Å². The normalized spacial score (nSPS) is 15.6. The van der Waals surface area contributed by atoms with Crippen molar-refractivity contribution < 1.29 is 32.6 Å². The van der Waals surface area contributed by atoms with Crippen molar-refractivity contribution in [2.75, 3.05) is 62.7 Å². The van der Waals surface area contributed by atoms with Crippen molar-refractivity contribution in [1.29, 1.82) is 0 Å². The van der Waals surface area contributed by atoms with Gasteiger partial charge in [-0.3, -0.25) is 19.6 Å². The number of nitrogens with one attached hydrogen (secondary N) is 2. The average molecular weight is 567 g/mol. The summed E-state index contributed by atoms with van der Waals surface area (Å²) in [5.41, 5.74) is 0.700. The smallest absolute Gasteiger partial charge is 0.332 e. The summed E-state index contributed by atoms with van der Waals surface area (Å²) in [5, 5.41) is 5.32. The molecule has 2 aliphatic heterocycles. The molecule has 0 radical (unpaired) electrons. The fourth-order valence-corrected chi connectivity index (χ4v) is 4.41. The SMILES string of the molecule is O=C(NCCN1CCOCC1)c1cc(Oc2ccc(NC(=O)N3CCN(c4ccc(F)cc4)C3=O)cc2F)ccn1. The van der Waals surface area contributed by atoms with Crippen LogP contribution in [0.3, 0.4) is 0 Å². The number of halogens is 2. The molecule has 0 saturated carbocycles. The maximum atomic E-state index is 14.9. The van der Waals surface area contributed by atoms with E-state index in [2.05, 4.69) is 20.5 Å². The fourth-order valence-electron chi connectivity index (χ4n) is 4.41. The lowest BCUT2D eigenvalue weighted by atomic mass is 10.2. The maximum Gasteiger partial charge on any atom is 0.332 e. The van der Waals surface area contributed by atoms with E-state index in [0.29, 0.717) is 32.0 Å². The Hall–Kier alpha value is -4.62. The van der Waals surface area contributed by atoms with Gasteiger partial charge in [0, 0.05) is 62.4 Å². The first-order valence-electron chi connectivity index (χ1n) is 13.0. The number of morpholine rings is 1. The molecule has 5 rings (SSSR count). The zero-order valence-corrected chi connectivity index (χ0v) is 22.0. The highest BCUT2D eigenvalue weighted by Crippen LogP contribution is 2.28. The molecule has 5 amide bonds. The molecule has 2 aromatic carbocycles. The molecule has 0 spiro atoms. The number of aromatic nitrogens is 1. The highest BCUT2D eigenvalue weighted by atomic mass is 19.1. The van der Waals surface area contributed by atoms with Crippen LogP contribution in [-0.2, 0) is 4.74 Å². The number of carbonyl (C=O) groups excluding carboxylic acids is 3. The van der Waals surface area contributed by atoms with E-state index in [4.69, 9.17) is 9.47 Å². The molecule has 0 unspecified atom stereocenters. The molecule has 0 bridgehead atoms. The van der Waals surface area contributed by atoms with Crippen LogP contribution in [0.2, 0.25) is 0 Å². The Bertz CT molecular complexity index is 1420. The Labute approximate surface area is 234 Å². The molecule has 3 heterocycles. The van der Waals surface area contributed by atoms with Crippen molar-refractivity contribution in [3.63, 3.8) is 0 Å². The topological polar surface area (TPSA) is 116 Å². The first-order chi connectivity index (χ1) is 19.9. The molecular weight excluding hydrogens is 538 g/mol. The maximum absolute atomic E-state index is 14.9. The highest BCUT2D eigenvalue weighted by Gasteiger charge is 2.34. The number of amides is 5. The van der Waals surface area contributed by atoms with Crippen LogP contribution >= 0.6 is 0 Å². The minimum Gasteiger partial charge on any atom is -0.454 e. The standard InChI is InChI=1S/C28H28F2N6O5/c29-19-1-4-21(5-2-19)35-11-12-36(28(35)39)27(38)33-20-3-6-25(23(30)17-20)41-22-7-8-31-24(18-22)26(37)32-9-10-34-13-15-40-16-14-34/h1-8,17-18H,9-16H2,(H,32,37)(H,33,38). The Balaban J connectivity index is 1.15. The Kier molecular flexibility index (Phi) is 8.65. The molecule has 214 valence electrons. The number of benzene rings is 2. The second-order valence-corrected chi connectivity index (χ2v) is 9.33. The van der Waals surface area contributed by atoms with Crippen LogP contribution in [0.15, 0.2) is 60.8 Å². The van der Waals surface area contributed by atoms with Gasteiger partial charge < -0.3 is 20.1 Å². The molecule has 41 heavy (non-hydrogen) atoms. The van der Waals surface area contributed by atoms with Crippen LogP contribution in [-0.4, -0.2) is 85.2 Å². The second-order valence-electron chi connectivity index (χ2n) is 9.33. The van der Waals surface area contributed by atoms with E-state index in [1.165, 1.54) is 59.6 Å². The van der Waals surface area contributed by atoms with Crippen molar-refractivity contribution in [1.82, 2.24) is 20.1 Å². The number of ether oxygens (including phenoxy) is 2. The number of nitrogens with zero attached hydrogens (tertiary/aromatic N) is 4. The molecule has 0 atom stereocenters. The minimum atomic E-state index is -0.767. The van der Waals surface area contributed by atoms with Crippen molar-refractivity contribution in [3.8, 4) is 11.5 Å². The molecule has 2 aliphatic rings. The van der Waals surface area contributed by atoms with Gasteiger partial charge in [-0.05, 0) is 42.5 Å². The number of urea groups is 2. The molecular formula is C28H28F2N6O5. The molecule has 2 fully saturated rings. The van der Waals surface area contributed by atoms with Gasteiger partial charge >= 0.3 is 12.1 Å². The Morgan fingerprint density at radius 1 is 0.976 bits per heavy atom. The number of anilines is 2. The molecule has 13 heteroatoms. The first-order valence-corrected chi connectivity index (χ1v) is 13.0. The van der Waals surface area contributed by atoms with E-state index >= 15 is 0 Å². The molecule has 0 aliphatic carbocycles. The number of rotatable bonds is 8. The molecule has 3 aromatic rings. The largest absolute Gasteiger partial charge is 0.454 e. The summed E-state index contributed by atoms with van der Waals surface area (Å²) in [6, 6.07) is 10.8. The van der Waals surface area contributed by atoms with Crippen molar-refractivity contribution >= 4 is 29.3 Å². The zero-order valence-electron chi connectivity index (χ0n) is 22.0. The van der Waals surface area contributed by atoms with Gasteiger partial charge in [0.05, 0.1) is 19.8 Å². The van der Waals surface area contributed by atoms with E-state index in [1.807, 2.05) is 0 Å². The van der Waals surface area contributed by atoms with Crippen molar-refractivity contribution in [2.24, 2.45) is 0 Å². The van der Waals surface area contributed by atoms with E-state index in [9.17, 15) is 23.2 Å². The average Bonchev–Trinajstić information content (AvgIpc) is 3.37. The summed E-state index contributed by atoms with van der Waals surface area (Å²) in [6.45, 7) is 4.47. The summed E-state index contributed by atoms with van der Waals surface area (Å²) < 4.78 is 39.0. The second kappa shape index (κ2) is 12.7. The van der Waals surface area contributed by atoms with Gasteiger partial charge in [-0.15, -0.1) is 0 Å². The number of hydrogen-bond acceptors (Lipinski definition) is 7. The van der Waals surface area contributed by atoms with Gasteiger partial charge in [0.15, 0.2) is 11.6 Å². The molecule has 1 aromatic heterocycles. The van der Waals surface area contributed by atoms with Gasteiger partial charge in [0.1, 0.15) is 17.3 Å². The van der Waals surface area contributed by atoms with Crippen LogP contribution in [0, 0.1) is 11.6 Å². The van der Waals surface area contributed by atoms with Gasteiger partial charge in [-0.1, -0.05) is 0 Å². The molecule has 2 saturated heterocycles. The van der Waals surface area contributed by atoms with E-state index in [1.54, 1.807) is 0 Å². The summed E-state index contributed by atoms with van der Waals surface area (Å²) in [6.07, 6.45) is 1.39. The van der Waals surface area contributed by atoms with Gasteiger partial charge in [-0.2, -0.15) is 0 Å². The minimum absolute atomic E-state index is 0.108.